The Hall–Kier alpha value is -2.19. The SMILES string of the molecule is Cc1cc(C)n2nc(SCC(=O)Nc3ccc(F)cc3Cl)nc2n1. The van der Waals surface area contributed by atoms with Crippen LogP contribution in [0.25, 0.3) is 5.78 Å². The summed E-state index contributed by atoms with van der Waals surface area (Å²) < 4.78 is 14.6. The molecule has 6 nitrogen and oxygen atoms in total. The molecule has 0 fully saturated rings. The number of nitrogens with one attached hydrogen (secondary N) is 1. The van der Waals surface area contributed by atoms with Crippen molar-refractivity contribution in [3.8, 4) is 0 Å². The van der Waals surface area contributed by atoms with Gasteiger partial charge in [0.1, 0.15) is 5.82 Å². The van der Waals surface area contributed by atoms with E-state index in [1.807, 2.05) is 19.9 Å². The Balaban J connectivity index is 1.67. The van der Waals surface area contributed by atoms with Crippen LogP contribution in [0.2, 0.25) is 5.02 Å². The van der Waals surface area contributed by atoms with Crippen LogP contribution in [0.5, 0.6) is 0 Å². The summed E-state index contributed by atoms with van der Waals surface area (Å²) in [5, 5.41) is 7.54. The van der Waals surface area contributed by atoms with Crippen LogP contribution in [-0.2, 0) is 4.79 Å². The maximum Gasteiger partial charge on any atom is 0.253 e. The highest BCUT2D eigenvalue weighted by atomic mass is 35.5. The molecule has 0 bridgehead atoms. The van der Waals surface area contributed by atoms with Crippen molar-refractivity contribution in [1.29, 1.82) is 0 Å². The van der Waals surface area contributed by atoms with Crippen molar-refractivity contribution < 1.29 is 9.18 Å². The molecule has 24 heavy (non-hydrogen) atoms. The first-order chi connectivity index (χ1) is 11.4. The molecule has 0 spiro atoms. The summed E-state index contributed by atoms with van der Waals surface area (Å²) in [6.07, 6.45) is 0. The number of rotatable bonds is 4. The molecule has 0 saturated heterocycles. The van der Waals surface area contributed by atoms with E-state index in [1.165, 1.54) is 23.9 Å². The van der Waals surface area contributed by atoms with Crippen molar-refractivity contribution in [2.75, 3.05) is 11.1 Å². The molecule has 2 heterocycles. The number of halogens is 2. The van der Waals surface area contributed by atoms with Crippen LogP contribution in [0.1, 0.15) is 11.4 Å². The number of thioether (sulfide) groups is 1. The summed E-state index contributed by atoms with van der Waals surface area (Å²) in [5.74, 6) is -0.146. The highest BCUT2D eigenvalue weighted by Gasteiger charge is 2.12. The van der Waals surface area contributed by atoms with E-state index >= 15 is 0 Å². The topological polar surface area (TPSA) is 72.2 Å². The van der Waals surface area contributed by atoms with Gasteiger partial charge in [-0.05, 0) is 38.1 Å². The minimum Gasteiger partial charge on any atom is -0.324 e. The van der Waals surface area contributed by atoms with Crippen molar-refractivity contribution in [3.05, 3.63) is 46.5 Å². The zero-order valence-corrected chi connectivity index (χ0v) is 14.5. The number of aryl methyl sites for hydroxylation is 2. The number of anilines is 1. The van der Waals surface area contributed by atoms with E-state index in [9.17, 15) is 9.18 Å². The molecule has 0 unspecified atom stereocenters. The third-order valence-electron chi connectivity index (χ3n) is 3.14. The number of hydrogen-bond acceptors (Lipinski definition) is 5. The summed E-state index contributed by atoms with van der Waals surface area (Å²) in [7, 11) is 0. The summed E-state index contributed by atoms with van der Waals surface area (Å²) in [6.45, 7) is 3.79. The molecule has 1 N–H and O–H groups in total. The predicted molar refractivity (Wildman–Crippen MR) is 91.0 cm³/mol. The van der Waals surface area contributed by atoms with Gasteiger partial charge in [-0.25, -0.2) is 13.9 Å². The van der Waals surface area contributed by atoms with Gasteiger partial charge in [0.15, 0.2) is 0 Å². The Morgan fingerprint density at radius 3 is 2.88 bits per heavy atom. The van der Waals surface area contributed by atoms with Crippen LogP contribution in [0.15, 0.2) is 29.4 Å². The second-order valence-corrected chi connectivity index (χ2v) is 6.46. The lowest BCUT2D eigenvalue weighted by atomic mass is 10.3. The van der Waals surface area contributed by atoms with Gasteiger partial charge in [-0.3, -0.25) is 4.79 Å². The van der Waals surface area contributed by atoms with E-state index < -0.39 is 5.82 Å². The molecule has 0 saturated carbocycles. The molecule has 3 rings (SSSR count). The second-order valence-electron chi connectivity index (χ2n) is 5.11. The zero-order chi connectivity index (χ0) is 17.3. The number of fused-ring (bicyclic) bond motifs is 1. The highest BCUT2D eigenvalue weighted by molar-refractivity contribution is 7.99. The minimum absolute atomic E-state index is 0.0998. The fraction of sp³-hybridized carbons (Fsp3) is 0.200. The number of nitrogens with zero attached hydrogens (tertiary/aromatic N) is 4. The molecule has 0 aliphatic rings. The first-order valence-electron chi connectivity index (χ1n) is 7.01. The first-order valence-corrected chi connectivity index (χ1v) is 8.37. The summed E-state index contributed by atoms with van der Waals surface area (Å²) in [6, 6.07) is 5.69. The van der Waals surface area contributed by atoms with Gasteiger partial charge in [0, 0.05) is 11.4 Å². The van der Waals surface area contributed by atoms with E-state index in [1.54, 1.807) is 4.52 Å². The summed E-state index contributed by atoms with van der Waals surface area (Å²) in [4.78, 5) is 20.6. The summed E-state index contributed by atoms with van der Waals surface area (Å²) in [5.41, 5.74) is 2.13. The molecule has 0 atom stereocenters. The van der Waals surface area contributed by atoms with Crippen molar-refractivity contribution in [2.45, 2.75) is 19.0 Å². The minimum atomic E-state index is -0.459. The van der Waals surface area contributed by atoms with Crippen LogP contribution in [0, 0.1) is 19.7 Å². The normalized spacial score (nSPS) is 11.0. The molecule has 0 radical (unpaired) electrons. The fourth-order valence-corrected chi connectivity index (χ4v) is 2.95. The predicted octanol–water partition coefficient (Wildman–Crippen LogP) is 3.26. The average molecular weight is 366 g/mol. The lowest BCUT2D eigenvalue weighted by molar-refractivity contribution is -0.113. The average Bonchev–Trinajstić information content (AvgIpc) is 2.91. The Morgan fingerprint density at radius 1 is 1.33 bits per heavy atom. The molecule has 2 aromatic heterocycles. The summed E-state index contributed by atoms with van der Waals surface area (Å²) >= 11 is 7.06. The lowest BCUT2D eigenvalue weighted by Crippen LogP contribution is -2.14. The van der Waals surface area contributed by atoms with Crippen LogP contribution < -0.4 is 5.32 Å². The van der Waals surface area contributed by atoms with Gasteiger partial charge in [-0.15, -0.1) is 5.10 Å². The largest absolute Gasteiger partial charge is 0.324 e. The van der Waals surface area contributed by atoms with E-state index in [0.717, 1.165) is 17.5 Å². The van der Waals surface area contributed by atoms with E-state index in [-0.39, 0.29) is 16.7 Å². The van der Waals surface area contributed by atoms with Crippen molar-refractivity contribution in [2.24, 2.45) is 0 Å². The maximum absolute atomic E-state index is 13.0. The highest BCUT2D eigenvalue weighted by Crippen LogP contribution is 2.23. The van der Waals surface area contributed by atoms with Crippen LogP contribution >= 0.6 is 23.4 Å². The van der Waals surface area contributed by atoms with Gasteiger partial charge in [-0.1, -0.05) is 23.4 Å². The van der Waals surface area contributed by atoms with Gasteiger partial charge in [0.25, 0.3) is 5.78 Å². The second kappa shape index (κ2) is 6.74. The van der Waals surface area contributed by atoms with Crippen LogP contribution in [0.4, 0.5) is 10.1 Å². The Bertz CT molecular complexity index is 930. The van der Waals surface area contributed by atoms with Crippen molar-refractivity contribution in [3.63, 3.8) is 0 Å². The molecule has 1 amide bonds. The van der Waals surface area contributed by atoms with Gasteiger partial charge >= 0.3 is 0 Å². The Kier molecular flexibility index (Phi) is 4.68. The number of amides is 1. The number of hydrogen-bond donors (Lipinski definition) is 1. The maximum atomic E-state index is 13.0. The van der Waals surface area contributed by atoms with Gasteiger partial charge < -0.3 is 5.32 Å². The lowest BCUT2D eigenvalue weighted by Gasteiger charge is -2.06. The molecule has 0 aliphatic heterocycles. The van der Waals surface area contributed by atoms with E-state index in [2.05, 4.69) is 20.4 Å². The number of benzene rings is 1. The zero-order valence-electron chi connectivity index (χ0n) is 12.9. The molecule has 124 valence electrons. The fourth-order valence-electron chi connectivity index (χ4n) is 2.12. The molecule has 3 aromatic rings. The Morgan fingerprint density at radius 2 is 2.12 bits per heavy atom. The molecular formula is C15H13ClFN5OS. The number of aromatic nitrogens is 4. The third-order valence-corrected chi connectivity index (χ3v) is 4.29. The standard InChI is InChI=1S/C15H13ClFN5OS/c1-8-5-9(2)22-14(18-8)20-15(21-22)24-7-13(23)19-12-4-3-10(17)6-11(12)16/h3-6H,7H2,1-2H3,(H,19,23). The number of carbonyl (C=O) groups is 1. The smallest absolute Gasteiger partial charge is 0.253 e. The van der Waals surface area contributed by atoms with Crippen LogP contribution in [-0.4, -0.2) is 31.2 Å². The Labute approximate surface area is 146 Å². The molecular weight excluding hydrogens is 353 g/mol. The third kappa shape index (κ3) is 3.65. The quantitative estimate of drug-likeness (QED) is 0.718. The van der Waals surface area contributed by atoms with Crippen LogP contribution in [0.3, 0.4) is 0 Å². The van der Waals surface area contributed by atoms with Gasteiger partial charge in [0.05, 0.1) is 16.5 Å². The molecule has 1 aromatic carbocycles. The van der Waals surface area contributed by atoms with Crippen molar-refractivity contribution in [1.82, 2.24) is 19.6 Å². The number of carbonyl (C=O) groups excluding carboxylic acids is 1. The van der Waals surface area contributed by atoms with Gasteiger partial charge in [0.2, 0.25) is 11.1 Å². The van der Waals surface area contributed by atoms with Crippen molar-refractivity contribution >= 4 is 40.7 Å². The van der Waals surface area contributed by atoms with E-state index in [4.69, 9.17) is 11.6 Å². The van der Waals surface area contributed by atoms with E-state index in [0.29, 0.717) is 16.6 Å². The molecule has 0 aliphatic carbocycles. The first kappa shape index (κ1) is 16.7. The monoisotopic (exact) mass is 365 g/mol. The molecule has 9 heteroatoms. The van der Waals surface area contributed by atoms with Gasteiger partial charge in [-0.2, -0.15) is 4.98 Å².